The lowest BCUT2D eigenvalue weighted by molar-refractivity contribution is 0.0940. The van der Waals surface area contributed by atoms with Crippen LogP contribution in [0.3, 0.4) is 0 Å². The first-order valence-corrected chi connectivity index (χ1v) is 8.66. The smallest absolute Gasteiger partial charge is 0.254 e. The highest BCUT2D eigenvalue weighted by molar-refractivity contribution is 7.89. The van der Waals surface area contributed by atoms with Gasteiger partial charge in [0.1, 0.15) is 5.82 Å². The minimum absolute atomic E-state index is 0.217. The number of hydrogen-bond donors (Lipinski definition) is 2. The van der Waals surface area contributed by atoms with Crippen LogP contribution in [0.1, 0.15) is 43.0 Å². The van der Waals surface area contributed by atoms with Crippen LogP contribution in [0.2, 0.25) is 0 Å². The molecule has 0 spiro atoms. The minimum atomic E-state index is -3.98. The summed E-state index contributed by atoms with van der Waals surface area (Å²) >= 11 is 0. The SMILES string of the molecule is C[C@H](NC(=O)c1cc(S(N)(=O)=O)ccc1F)C1=CCCCC1. The van der Waals surface area contributed by atoms with E-state index >= 15 is 0 Å². The van der Waals surface area contributed by atoms with E-state index in [4.69, 9.17) is 5.14 Å². The van der Waals surface area contributed by atoms with Crippen LogP contribution < -0.4 is 10.5 Å². The molecule has 1 aliphatic carbocycles. The molecule has 0 unspecified atom stereocenters. The summed E-state index contributed by atoms with van der Waals surface area (Å²) in [5, 5.41) is 7.71. The van der Waals surface area contributed by atoms with Gasteiger partial charge in [-0.2, -0.15) is 0 Å². The third-order valence-corrected chi connectivity index (χ3v) is 4.65. The van der Waals surface area contributed by atoms with E-state index in [-0.39, 0.29) is 16.5 Å². The van der Waals surface area contributed by atoms with Crippen LogP contribution in [0.15, 0.2) is 34.7 Å². The van der Waals surface area contributed by atoms with Crippen LogP contribution in [-0.2, 0) is 10.0 Å². The van der Waals surface area contributed by atoms with Crippen molar-refractivity contribution in [2.75, 3.05) is 0 Å². The second-order valence-electron chi connectivity index (χ2n) is 5.41. The second kappa shape index (κ2) is 6.58. The molecule has 120 valence electrons. The molecule has 5 nitrogen and oxygen atoms in total. The number of carbonyl (C=O) groups is 1. The van der Waals surface area contributed by atoms with E-state index in [1.165, 1.54) is 0 Å². The zero-order valence-electron chi connectivity index (χ0n) is 12.3. The average Bonchev–Trinajstić information content (AvgIpc) is 2.47. The Hall–Kier alpha value is -1.73. The summed E-state index contributed by atoms with van der Waals surface area (Å²) in [6.07, 6.45) is 6.17. The topological polar surface area (TPSA) is 89.3 Å². The number of halogens is 1. The first-order chi connectivity index (χ1) is 10.3. The number of carbonyl (C=O) groups excluding carboxylic acids is 1. The van der Waals surface area contributed by atoms with Crippen molar-refractivity contribution < 1.29 is 17.6 Å². The molecule has 0 bridgehead atoms. The molecule has 3 N–H and O–H groups in total. The van der Waals surface area contributed by atoms with E-state index in [0.29, 0.717) is 0 Å². The highest BCUT2D eigenvalue weighted by Crippen LogP contribution is 2.21. The third-order valence-electron chi connectivity index (χ3n) is 3.74. The molecule has 0 radical (unpaired) electrons. The van der Waals surface area contributed by atoms with Crippen LogP contribution in [0.5, 0.6) is 0 Å². The molecule has 1 amide bonds. The summed E-state index contributed by atoms with van der Waals surface area (Å²) in [4.78, 5) is 11.9. The molecule has 1 atom stereocenters. The number of nitrogens with two attached hydrogens (primary N) is 1. The molecule has 0 fully saturated rings. The fourth-order valence-electron chi connectivity index (χ4n) is 2.48. The zero-order chi connectivity index (χ0) is 16.3. The Morgan fingerprint density at radius 3 is 2.68 bits per heavy atom. The van der Waals surface area contributed by atoms with Gasteiger partial charge in [-0.05, 0) is 50.8 Å². The number of benzene rings is 1. The van der Waals surface area contributed by atoms with Crippen molar-refractivity contribution in [3.8, 4) is 0 Å². The predicted molar refractivity (Wildman–Crippen MR) is 81.3 cm³/mol. The summed E-state index contributed by atoms with van der Waals surface area (Å²) < 4.78 is 36.4. The van der Waals surface area contributed by atoms with Gasteiger partial charge in [0.15, 0.2) is 0 Å². The van der Waals surface area contributed by atoms with Gasteiger partial charge in [0.2, 0.25) is 10.0 Å². The minimum Gasteiger partial charge on any atom is -0.346 e. The number of primary sulfonamides is 1. The van der Waals surface area contributed by atoms with Crippen LogP contribution in [0, 0.1) is 5.82 Å². The Morgan fingerprint density at radius 1 is 1.36 bits per heavy atom. The second-order valence-corrected chi connectivity index (χ2v) is 6.97. The molecule has 0 aliphatic heterocycles. The standard InChI is InChI=1S/C15H19FN2O3S/c1-10(11-5-3-2-4-6-11)18-15(19)13-9-12(22(17,20)21)7-8-14(13)16/h5,7-10H,2-4,6H2,1H3,(H,18,19)(H2,17,20,21)/t10-/m0/s1. The lowest BCUT2D eigenvalue weighted by atomic mass is 9.94. The van der Waals surface area contributed by atoms with E-state index in [2.05, 4.69) is 11.4 Å². The first kappa shape index (κ1) is 16.6. The van der Waals surface area contributed by atoms with E-state index in [1.54, 1.807) is 0 Å². The summed E-state index contributed by atoms with van der Waals surface area (Å²) in [5.41, 5.74) is 0.789. The zero-order valence-corrected chi connectivity index (χ0v) is 13.1. The molecule has 22 heavy (non-hydrogen) atoms. The number of hydrogen-bond acceptors (Lipinski definition) is 3. The maximum Gasteiger partial charge on any atom is 0.254 e. The Bertz CT molecular complexity index is 713. The van der Waals surface area contributed by atoms with Crippen molar-refractivity contribution in [3.63, 3.8) is 0 Å². The third kappa shape index (κ3) is 3.92. The monoisotopic (exact) mass is 326 g/mol. The van der Waals surface area contributed by atoms with E-state index in [0.717, 1.165) is 49.5 Å². The molecule has 0 saturated heterocycles. The van der Waals surface area contributed by atoms with E-state index in [1.807, 2.05) is 6.92 Å². The van der Waals surface area contributed by atoms with Gasteiger partial charge in [0.25, 0.3) is 5.91 Å². The van der Waals surface area contributed by atoms with Crippen molar-refractivity contribution in [2.45, 2.75) is 43.5 Å². The molecular formula is C15H19FN2O3S. The summed E-state index contributed by atoms with van der Waals surface area (Å²) in [6, 6.07) is 2.71. The lowest BCUT2D eigenvalue weighted by Crippen LogP contribution is -2.35. The Balaban J connectivity index is 2.20. The van der Waals surface area contributed by atoms with E-state index in [9.17, 15) is 17.6 Å². The van der Waals surface area contributed by atoms with Crippen molar-refractivity contribution in [3.05, 3.63) is 41.2 Å². The molecule has 7 heteroatoms. The van der Waals surface area contributed by atoms with Gasteiger partial charge in [-0.15, -0.1) is 0 Å². The van der Waals surface area contributed by atoms with Crippen molar-refractivity contribution in [1.29, 1.82) is 0 Å². The van der Waals surface area contributed by atoms with Gasteiger partial charge in [-0.25, -0.2) is 17.9 Å². The Morgan fingerprint density at radius 2 is 2.09 bits per heavy atom. The van der Waals surface area contributed by atoms with Gasteiger partial charge in [0.05, 0.1) is 10.5 Å². The molecule has 2 rings (SSSR count). The highest BCUT2D eigenvalue weighted by Gasteiger charge is 2.20. The quantitative estimate of drug-likeness (QED) is 0.830. The largest absolute Gasteiger partial charge is 0.346 e. The van der Waals surface area contributed by atoms with Crippen molar-refractivity contribution in [1.82, 2.24) is 5.32 Å². The van der Waals surface area contributed by atoms with Gasteiger partial charge in [-0.3, -0.25) is 4.79 Å². The average molecular weight is 326 g/mol. The van der Waals surface area contributed by atoms with Crippen LogP contribution in [0.4, 0.5) is 4.39 Å². The van der Waals surface area contributed by atoms with Gasteiger partial charge < -0.3 is 5.32 Å². The van der Waals surface area contributed by atoms with Gasteiger partial charge in [0, 0.05) is 6.04 Å². The Labute approximate surface area is 129 Å². The molecular weight excluding hydrogens is 307 g/mol. The normalized spacial score (nSPS) is 16.8. The van der Waals surface area contributed by atoms with E-state index < -0.39 is 21.7 Å². The Kier molecular flexibility index (Phi) is 4.97. The molecule has 0 aromatic heterocycles. The van der Waals surface area contributed by atoms with Crippen molar-refractivity contribution in [2.24, 2.45) is 5.14 Å². The molecule has 0 saturated carbocycles. The lowest BCUT2D eigenvalue weighted by Gasteiger charge is -2.21. The van der Waals surface area contributed by atoms with Crippen LogP contribution in [-0.4, -0.2) is 20.4 Å². The molecule has 1 aromatic carbocycles. The van der Waals surface area contributed by atoms with Crippen LogP contribution in [0.25, 0.3) is 0 Å². The highest BCUT2D eigenvalue weighted by atomic mass is 32.2. The number of nitrogens with one attached hydrogen (secondary N) is 1. The fraction of sp³-hybridized carbons (Fsp3) is 0.400. The number of sulfonamides is 1. The maximum absolute atomic E-state index is 13.8. The number of amides is 1. The summed E-state index contributed by atoms with van der Waals surface area (Å²) in [5.74, 6) is -1.43. The van der Waals surface area contributed by atoms with Crippen LogP contribution >= 0.6 is 0 Å². The predicted octanol–water partition coefficient (Wildman–Crippen LogP) is 2.09. The molecule has 1 aliphatic rings. The summed E-state index contributed by atoms with van der Waals surface area (Å²) in [7, 11) is -3.98. The fourth-order valence-corrected chi connectivity index (χ4v) is 3.02. The molecule has 1 aromatic rings. The molecule has 0 heterocycles. The van der Waals surface area contributed by atoms with Gasteiger partial charge in [-0.1, -0.05) is 11.6 Å². The van der Waals surface area contributed by atoms with Crippen molar-refractivity contribution >= 4 is 15.9 Å². The first-order valence-electron chi connectivity index (χ1n) is 7.11. The maximum atomic E-state index is 13.8. The number of allylic oxidation sites excluding steroid dienone is 1. The number of rotatable bonds is 4. The van der Waals surface area contributed by atoms with Gasteiger partial charge >= 0.3 is 0 Å². The summed E-state index contributed by atoms with van der Waals surface area (Å²) in [6.45, 7) is 1.83.